The van der Waals surface area contributed by atoms with E-state index < -0.39 is 0 Å². The number of piperazine rings is 1. The van der Waals surface area contributed by atoms with Crippen LogP contribution in [0, 0.1) is 0 Å². The number of nitrogen functional groups attached to an aromatic ring is 1. The predicted molar refractivity (Wildman–Crippen MR) is 99.5 cm³/mol. The Bertz CT molecular complexity index is 419. The van der Waals surface area contributed by atoms with Gasteiger partial charge < -0.3 is 25.0 Å². The first kappa shape index (κ1) is 21.5. The number of ether oxygens (including phenoxy) is 2. The molecule has 1 saturated heterocycles. The molecule has 1 aromatic rings. The summed E-state index contributed by atoms with van der Waals surface area (Å²) in [6.45, 7) is 10.4. The molecule has 1 aliphatic heterocycles. The third-order valence-electron chi connectivity index (χ3n) is 3.66. The van der Waals surface area contributed by atoms with Gasteiger partial charge in [-0.15, -0.1) is 0 Å². The Morgan fingerprint density at radius 2 is 1.74 bits per heavy atom. The van der Waals surface area contributed by atoms with E-state index in [0.29, 0.717) is 12.3 Å². The highest BCUT2D eigenvalue weighted by Crippen LogP contribution is 2.28. The van der Waals surface area contributed by atoms with Gasteiger partial charge in [-0.1, -0.05) is 21.3 Å². The summed E-state index contributed by atoms with van der Waals surface area (Å²) in [5.74, 6) is 1.46. The van der Waals surface area contributed by atoms with Crippen LogP contribution in [0.1, 0.15) is 27.7 Å². The average Bonchev–Trinajstić information content (AvgIpc) is 2.55. The lowest BCUT2D eigenvalue weighted by atomic mass is 10.3. The van der Waals surface area contributed by atoms with E-state index in [1.54, 1.807) is 7.11 Å². The van der Waals surface area contributed by atoms with Crippen LogP contribution in [0.2, 0.25) is 0 Å². The molecule has 134 valence electrons. The molecule has 1 aliphatic rings. The summed E-state index contributed by atoms with van der Waals surface area (Å²) in [5, 5.41) is 0. The van der Waals surface area contributed by atoms with Crippen LogP contribution in [-0.2, 0) is 0 Å². The Hall–Kier alpha value is -1.46. The van der Waals surface area contributed by atoms with Crippen LogP contribution in [0.25, 0.3) is 0 Å². The molecule has 0 unspecified atom stereocenters. The van der Waals surface area contributed by atoms with Crippen molar-refractivity contribution in [3.8, 4) is 11.5 Å². The standard InChI is InChI=1S/C15H25N3O2.C2H6.CH4/c1-17-7-9-18(10-8-17)6-3-11-20-15-12-13(16)4-5-14(15)19-2;1-2;/h4-5,12H,3,6-11,16H2,1-2H3;1-2H3;1H4. The number of methoxy groups -OCH3 is 1. The molecule has 0 bridgehead atoms. The Balaban J connectivity index is 0.00000155. The monoisotopic (exact) mass is 325 g/mol. The normalized spacial score (nSPS) is 15.1. The van der Waals surface area contributed by atoms with Crippen LogP contribution in [0.15, 0.2) is 18.2 Å². The molecular weight excluding hydrogens is 290 g/mol. The SMILES string of the molecule is C.CC.COc1ccc(N)cc1OCCCN1CCN(C)CC1. The molecule has 1 fully saturated rings. The summed E-state index contributed by atoms with van der Waals surface area (Å²) in [6.07, 6.45) is 1.02. The van der Waals surface area contributed by atoms with Gasteiger partial charge in [-0.05, 0) is 25.6 Å². The molecule has 23 heavy (non-hydrogen) atoms. The van der Waals surface area contributed by atoms with Gasteiger partial charge in [-0.2, -0.15) is 0 Å². The summed E-state index contributed by atoms with van der Waals surface area (Å²) >= 11 is 0. The maximum absolute atomic E-state index is 5.78. The van der Waals surface area contributed by atoms with Crippen LogP contribution < -0.4 is 15.2 Å². The van der Waals surface area contributed by atoms with Crippen molar-refractivity contribution in [1.29, 1.82) is 0 Å². The van der Waals surface area contributed by atoms with Crippen molar-refractivity contribution < 1.29 is 9.47 Å². The van der Waals surface area contributed by atoms with Gasteiger partial charge in [0.15, 0.2) is 11.5 Å². The number of nitrogens with zero attached hydrogens (tertiary/aromatic N) is 2. The Labute approximate surface area is 142 Å². The van der Waals surface area contributed by atoms with E-state index in [9.17, 15) is 0 Å². The molecular formula is C18H35N3O2. The molecule has 2 N–H and O–H groups in total. The molecule has 0 atom stereocenters. The molecule has 0 aromatic heterocycles. The summed E-state index contributed by atoms with van der Waals surface area (Å²) < 4.78 is 11.0. The quantitative estimate of drug-likeness (QED) is 0.644. The van der Waals surface area contributed by atoms with Crippen molar-refractivity contribution in [2.45, 2.75) is 27.7 Å². The smallest absolute Gasteiger partial charge is 0.163 e. The zero-order valence-electron chi connectivity index (χ0n) is 14.5. The van der Waals surface area contributed by atoms with Crippen LogP contribution in [0.5, 0.6) is 11.5 Å². The summed E-state index contributed by atoms with van der Waals surface area (Å²) in [7, 11) is 3.81. The van der Waals surface area contributed by atoms with E-state index in [0.717, 1.165) is 50.6 Å². The second-order valence-electron chi connectivity index (χ2n) is 5.26. The van der Waals surface area contributed by atoms with Crippen LogP contribution in [0.4, 0.5) is 5.69 Å². The third-order valence-corrected chi connectivity index (χ3v) is 3.66. The molecule has 1 aromatic carbocycles. The van der Waals surface area contributed by atoms with Gasteiger partial charge in [0.25, 0.3) is 0 Å². The number of hydrogen-bond donors (Lipinski definition) is 1. The van der Waals surface area contributed by atoms with Crippen LogP contribution in [-0.4, -0.2) is 63.3 Å². The lowest BCUT2D eigenvalue weighted by Gasteiger charge is -2.32. The van der Waals surface area contributed by atoms with Crippen molar-refractivity contribution in [3.63, 3.8) is 0 Å². The first-order valence-electron chi connectivity index (χ1n) is 8.16. The molecule has 0 amide bonds. The zero-order chi connectivity index (χ0) is 16.4. The first-order valence-corrected chi connectivity index (χ1v) is 8.16. The number of likely N-dealkylation sites (N-methyl/N-ethyl adjacent to an activating group) is 1. The molecule has 5 nitrogen and oxygen atoms in total. The minimum absolute atomic E-state index is 0. The zero-order valence-corrected chi connectivity index (χ0v) is 14.5. The Morgan fingerprint density at radius 1 is 1.09 bits per heavy atom. The van der Waals surface area contributed by atoms with Crippen molar-refractivity contribution >= 4 is 5.69 Å². The fourth-order valence-corrected chi connectivity index (χ4v) is 2.35. The average molecular weight is 325 g/mol. The molecule has 5 heteroatoms. The van der Waals surface area contributed by atoms with E-state index in [4.69, 9.17) is 15.2 Å². The van der Waals surface area contributed by atoms with E-state index in [-0.39, 0.29) is 7.43 Å². The number of benzene rings is 1. The Morgan fingerprint density at radius 3 is 2.35 bits per heavy atom. The number of anilines is 1. The first-order chi connectivity index (χ1) is 10.7. The minimum Gasteiger partial charge on any atom is -0.493 e. The number of nitrogens with two attached hydrogens (primary N) is 1. The highest BCUT2D eigenvalue weighted by molar-refractivity contribution is 5.51. The lowest BCUT2D eigenvalue weighted by molar-refractivity contribution is 0.145. The van der Waals surface area contributed by atoms with Gasteiger partial charge in [-0.25, -0.2) is 0 Å². The van der Waals surface area contributed by atoms with Gasteiger partial charge in [0.1, 0.15) is 0 Å². The molecule has 0 radical (unpaired) electrons. The van der Waals surface area contributed by atoms with Gasteiger partial charge >= 0.3 is 0 Å². The topological polar surface area (TPSA) is 51.0 Å². The maximum Gasteiger partial charge on any atom is 0.163 e. The van der Waals surface area contributed by atoms with E-state index in [1.165, 1.54) is 0 Å². The van der Waals surface area contributed by atoms with Crippen LogP contribution in [0.3, 0.4) is 0 Å². The predicted octanol–water partition coefficient (Wildman–Crippen LogP) is 2.96. The Kier molecular flexibility index (Phi) is 11.3. The van der Waals surface area contributed by atoms with Crippen molar-refractivity contribution in [2.75, 3.05) is 59.2 Å². The van der Waals surface area contributed by atoms with Crippen molar-refractivity contribution in [1.82, 2.24) is 9.80 Å². The van der Waals surface area contributed by atoms with E-state index in [2.05, 4.69) is 16.8 Å². The molecule has 1 heterocycles. The lowest BCUT2D eigenvalue weighted by Crippen LogP contribution is -2.44. The van der Waals surface area contributed by atoms with Gasteiger partial charge in [-0.3, -0.25) is 0 Å². The second-order valence-corrected chi connectivity index (χ2v) is 5.26. The summed E-state index contributed by atoms with van der Waals surface area (Å²) in [5.41, 5.74) is 6.46. The fourth-order valence-electron chi connectivity index (χ4n) is 2.35. The number of rotatable bonds is 6. The fraction of sp³-hybridized carbons (Fsp3) is 0.667. The highest BCUT2D eigenvalue weighted by Gasteiger charge is 2.13. The van der Waals surface area contributed by atoms with Gasteiger partial charge in [0.2, 0.25) is 0 Å². The summed E-state index contributed by atoms with van der Waals surface area (Å²) in [6, 6.07) is 5.47. The van der Waals surface area contributed by atoms with Crippen molar-refractivity contribution in [2.24, 2.45) is 0 Å². The van der Waals surface area contributed by atoms with Crippen LogP contribution >= 0.6 is 0 Å². The molecule has 0 spiro atoms. The molecule has 0 saturated carbocycles. The molecule has 0 aliphatic carbocycles. The van der Waals surface area contributed by atoms with Gasteiger partial charge in [0, 0.05) is 44.5 Å². The summed E-state index contributed by atoms with van der Waals surface area (Å²) in [4.78, 5) is 4.85. The van der Waals surface area contributed by atoms with E-state index >= 15 is 0 Å². The second kappa shape index (κ2) is 12.0. The third kappa shape index (κ3) is 7.57. The highest BCUT2D eigenvalue weighted by atomic mass is 16.5. The number of hydrogen-bond acceptors (Lipinski definition) is 5. The maximum atomic E-state index is 5.78. The van der Waals surface area contributed by atoms with Crippen molar-refractivity contribution in [3.05, 3.63) is 18.2 Å². The minimum atomic E-state index is 0. The van der Waals surface area contributed by atoms with Gasteiger partial charge in [0.05, 0.1) is 13.7 Å². The largest absolute Gasteiger partial charge is 0.493 e. The molecule has 2 rings (SSSR count). The van der Waals surface area contributed by atoms with E-state index in [1.807, 2.05) is 32.0 Å².